The number of benzene rings is 3. The summed E-state index contributed by atoms with van der Waals surface area (Å²) in [6, 6.07) is 24.6. The van der Waals surface area contributed by atoms with Gasteiger partial charge in [0.05, 0.1) is 11.3 Å². The summed E-state index contributed by atoms with van der Waals surface area (Å²) in [5.41, 5.74) is 7.25. The summed E-state index contributed by atoms with van der Waals surface area (Å²) < 4.78 is 0. The average Bonchev–Trinajstić information content (AvgIpc) is 3.46. The van der Waals surface area contributed by atoms with Crippen LogP contribution in [0, 0.1) is 0 Å². The molecule has 2 heterocycles. The van der Waals surface area contributed by atoms with E-state index in [1.165, 1.54) is 0 Å². The number of nitrogens with one attached hydrogen (secondary N) is 5. The number of hydrogen-bond acceptors (Lipinski definition) is 3. The largest absolute Gasteiger partial charge is 0.362 e. The van der Waals surface area contributed by atoms with E-state index in [0.717, 1.165) is 39.6 Å². The van der Waals surface area contributed by atoms with Gasteiger partial charge in [0.15, 0.2) is 0 Å². The molecule has 0 saturated heterocycles. The molecule has 1 aromatic heterocycles. The minimum absolute atomic E-state index is 0.00536. The number of anilines is 5. The Morgan fingerprint density at radius 2 is 1.51 bits per heavy atom. The van der Waals surface area contributed by atoms with Gasteiger partial charge in [0.25, 0.3) is 5.91 Å². The van der Waals surface area contributed by atoms with E-state index < -0.39 is 0 Å². The van der Waals surface area contributed by atoms with Gasteiger partial charge in [-0.25, -0.2) is 4.79 Å². The van der Waals surface area contributed by atoms with Gasteiger partial charge < -0.3 is 26.3 Å². The molecule has 5 rings (SSSR count). The first-order valence-corrected chi connectivity index (χ1v) is 12.1. The Balaban J connectivity index is 1.26. The molecule has 0 unspecified atom stereocenters. The van der Waals surface area contributed by atoms with Gasteiger partial charge >= 0.3 is 6.03 Å². The predicted molar refractivity (Wildman–Crippen MR) is 151 cm³/mol. The molecule has 0 spiro atoms. The summed E-state index contributed by atoms with van der Waals surface area (Å²) in [6.45, 7) is 6.41. The standard InChI is InChI=1S/C30H29N5O2/c1-30(2,3)19-7-4-8-21(15-19)33-29(37)34-23-10-5-9-22(16-23)32-24-12-13-25-26(17-20-11-6-14-31-20)28(36)35-27(25)18-24/h4-18,31-32H,1-3H3,(H,35,36)(H2,33,34,37)/b26-17+. The van der Waals surface area contributed by atoms with Crippen molar-refractivity contribution in [3.05, 3.63) is 102 Å². The molecule has 3 amide bonds. The highest BCUT2D eigenvalue weighted by Gasteiger charge is 2.24. The molecule has 0 saturated carbocycles. The smallest absolute Gasteiger partial charge is 0.323 e. The van der Waals surface area contributed by atoms with Crippen LogP contribution in [0.1, 0.15) is 37.6 Å². The van der Waals surface area contributed by atoms with Crippen molar-refractivity contribution in [1.29, 1.82) is 0 Å². The molecule has 37 heavy (non-hydrogen) atoms. The second kappa shape index (κ2) is 9.70. The molecule has 0 atom stereocenters. The minimum Gasteiger partial charge on any atom is -0.362 e. The van der Waals surface area contributed by atoms with E-state index in [9.17, 15) is 9.59 Å². The molecule has 7 heteroatoms. The SMILES string of the molecule is CC(C)(C)c1cccc(NC(=O)Nc2cccc(Nc3ccc4c(c3)NC(=O)/C4=C/c3ccc[nH]3)c2)c1. The van der Waals surface area contributed by atoms with Gasteiger partial charge in [-0.05, 0) is 71.7 Å². The van der Waals surface area contributed by atoms with Gasteiger partial charge in [0, 0.05) is 40.2 Å². The highest BCUT2D eigenvalue weighted by Crippen LogP contribution is 2.35. The Morgan fingerprint density at radius 1 is 0.811 bits per heavy atom. The molecule has 5 N–H and O–H groups in total. The fourth-order valence-electron chi connectivity index (χ4n) is 4.20. The van der Waals surface area contributed by atoms with Crippen molar-refractivity contribution in [1.82, 2.24) is 4.98 Å². The van der Waals surface area contributed by atoms with Crippen molar-refractivity contribution in [3.63, 3.8) is 0 Å². The molecule has 0 fully saturated rings. The van der Waals surface area contributed by atoms with Gasteiger partial charge in [-0.15, -0.1) is 0 Å². The van der Waals surface area contributed by atoms with E-state index in [1.54, 1.807) is 0 Å². The number of carbonyl (C=O) groups is 2. The molecule has 1 aliphatic heterocycles. The third kappa shape index (κ3) is 5.56. The van der Waals surface area contributed by atoms with Crippen LogP contribution in [0.4, 0.5) is 33.2 Å². The van der Waals surface area contributed by atoms with Crippen LogP contribution in [-0.4, -0.2) is 16.9 Å². The molecular formula is C30H29N5O2. The third-order valence-corrected chi connectivity index (χ3v) is 6.12. The number of hydrogen-bond donors (Lipinski definition) is 5. The number of fused-ring (bicyclic) bond motifs is 1. The first-order valence-electron chi connectivity index (χ1n) is 12.1. The quantitative estimate of drug-likeness (QED) is 0.191. The number of aromatic nitrogens is 1. The van der Waals surface area contributed by atoms with Gasteiger partial charge in [0.1, 0.15) is 0 Å². The van der Waals surface area contributed by atoms with Crippen LogP contribution < -0.4 is 21.3 Å². The Morgan fingerprint density at radius 3 is 2.24 bits per heavy atom. The number of aromatic amines is 1. The Labute approximate surface area is 216 Å². The van der Waals surface area contributed by atoms with E-state index in [0.29, 0.717) is 11.3 Å². The molecule has 7 nitrogen and oxygen atoms in total. The van der Waals surface area contributed by atoms with Crippen LogP contribution in [0.2, 0.25) is 0 Å². The first-order chi connectivity index (χ1) is 17.7. The zero-order valence-electron chi connectivity index (χ0n) is 21.0. The summed E-state index contributed by atoms with van der Waals surface area (Å²) in [6.07, 6.45) is 3.66. The van der Waals surface area contributed by atoms with Crippen LogP contribution in [0.25, 0.3) is 11.6 Å². The molecule has 4 aromatic rings. The second-order valence-corrected chi connectivity index (χ2v) is 10.0. The number of rotatable bonds is 5. The summed E-state index contributed by atoms with van der Waals surface area (Å²) in [5, 5.41) is 12.1. The number of urea groups is 1. The van der Waals surface area contributed by atoms with Crippen molar-refractivity contribution in [2.45, 2.75) is 26.2 Å². The maximum absolute atomic E-state index is 12.6. The van der Waals surface area contributed by atoms with Crippen LogP contribution in [0.15, 0.2) is 85.1 Å². The highest BCUT2D eigenvalue weighted by molar-refractivity contribution is 6.35. The van der Waals surface area contributed by atoms with E-state index in [2.05, 4.69) is 53.1 Å². The summed E-state index contributed by atoms with van der Waals surface area (Å²) >= 11 is 0. The lowest BCUT2D eigenvalue weighted by Gasteiger charge is -2.20. The highest BCUT2D eigenvalue weighted by atomic mass is 16.2. The number of H-pyrrole nitrogens is 1. The van der Waals surface area contributed by atoms with E-state index in [4.69, 9.17) is 0 Å². The molecule has 0 radical (unpaired) electrons. The average molecular weight is 492 g/mol. The van der Waals surface area contributed by atoms with Crippen molar-refractivity contribution >= 4 is 52.0 Å². The maximum Gasteiger partial charge on any atom is 0.323 e. The van der Waals surface area contributed by atoms with Gasteiger partial charge in [0.2, 0.25) is 0 Å². The monoisotopic (exact) mass is 491 g/mol. The first kappa shape index (κ1) is 23.9. The molecule has 0 bridgehead atoms. The van der Waals surface area contributed by atoms with Crippen LogP contribution in [0.5, 0.6) is 0 Å². The van der Waals surface area contributed by atoms with Crippen LogP contribution in [0.3, 0.4) is 0 Å². The Kier molecular flexibility index (Phi) is 6.27. The topological polar surface area (TPSA) is 98.0 Å². The second-order valence-electron chi connectivity index (χ2n) is 10.0. The van der Waals surface area contributed by atoms with Crippen molar-refractivity contribution in [2.24, 2.45) is 0 Å². The predicted octanol–water partition coefficient (Wildman–Crippen LogP) is 7.19. The van der Waals surface area contributed by atoms with Crippen molar-refractivity contribution in [2.75, 3.05) is 21.3 Å². The normalized spacial score (nSPS) is 13.7. The van der Waals surface area contributed by atoms with Crippen LogP contribution >= 0.6 is 0 Å². The lowest BCUT2D eigenvalue weighted by atomic mass is 9.87. The Hall–Kier alpha value is -4.78. The van der Waals surface area contributed by atoms with Crippen molar-refractivity contribution < 1.29 is 9.59 Å². The zero-order chi connectivity index (χ0) is 26.0. The lowest BCUT2D eigenvalue weighted by Crippen LogP contribution is -2.20. The summed E-state index contributed by atoms with van der Waals surface area (Å²) in [5.74, 6) is -0.132. The number of amides is 3. The molecule has 0 aliphatic carbocycles. The van der Waals surface area contributed by atoms with E-state index >= 15 is 0 Å². The van der Waals surface area contributed by atoms with Crippen molar-refractivity contribution in [3.8, 4) is 0 Å². The van der Waals surface area contributed by atoms with E-state index in [1.807, 2.05) is 85.1 Å². The molecular weight excluding hydrogens is 462 g/mol. The minimum atomic E-state index is -0.315. The number of carbonyl (C=O) groups excluding carboxylic acids is 2. The fourth-order valence-corrected chi connectivity index (χ4v) is 4.20. The lowest BCUT2D eigenvalue weighted by molar-refractivity contribution is -0.110. The van der Waals surface area contributed by atoms with Gasteiger partial charge in [-0.2, -0.15) is 0 Å². The Bertz CT molecular complexity index is 1500. The molecule has 3 aromatic carbocycles. The fraction of sp³-hybridized carbons (Fsp3) is 0.133. The summed E-state index contributed by atoms with van der Waals surface area (Å²) in [7, 11) is 0. The van der Waals surface area contributed by atoms with Gasteiger partial charge in [-0.1, -0.05) is 45.0 Å². The van der Waals surface area contributed by atoms with Crippen LogP contribution in [-0.2, 0) is 10.2 Å². The molecule has 1 aliphatic rings. The van der Waals surface area contributed by atoms with Gasteiger partial charge in [-0.3, -0.25) is 4.79 Å². The summed E-state index contributed by atoms with van der Waals surface area (Å²) in [4.78, 5) is 28.2. The third-order valence-electron chi connectivity index (χ3n) is 6.12. The molecule has 186 valence electrons. The zero-order valence-corrected chi connectivity index (χ0v) is 21.0. The van der Waals surface area contributed by atoms with E-state index in [-0.39, 0.29) is 17.4 Å². The maximum atomic E-state index is 12.6.